The van der Waals surface area contributed by atoms with Crippen molar-refractivity contribution in [3.05, 3.63) is 10.4 Å². The average molecular weight is 237 g/mol. The van der Waals surface area contributed by atoms with Crippen molar-refractivity contribution < 1.29 is 9.53 Å². The van der Waals surface area contributed by atoms with Gasteiger partial charge in [0.1, 0.15) is 21.5 Å². The summed E-state index contributed by atoms with van der Waals surface area (Å²) in [7, 11) is 1.29. The number of hydrogen-bond acceptors (Lipinski definition) is 6. The molecular weight excluding hydrogens is 226 g/mol. The van der Waals surface area contributed by atoms with Gasteiger partial charge in [-0.1, -0.05) is 0 Å². The van der Waals surface area contributed by atoms with Gasteiger partial charge in [0, 0.05) is 6.04 Å². The minimum atomic E-state index is -0.497. The molecule has 0 aromatic carbocycles. The zero-order valence-corrected chi connectivity index (χ0v) is 9.56. The summed E-state index contributed by atoms with van der Waals surface area (Å²) in [5, 5.41) is 12.8. The van der Waals surface area contributed by atoms with Crippen LogP contribution in [0, 0.1) is 11.3 Å². The minimum Gasteiger partial charge on any atom is -0.465 e. The van der Waals surface area contributed by atoms with Crippen molar-refractivity contribution in [3.63, 3.8) is 0 Å². The lowest BCUT2D eigenvalue weighted by Crippen LogP contribution is -2.02. The van der Waals surface area contributed by atoms with Crippen LogP contribution >= 0.6 is 11.3 Å². The van der Waals surface area contributed by atoms with Crippen LogP contribution in [0.25, 0.3) is 0 Å². The van der Waals surface area contributed by atoms with Crippen molar-refractivity contribution in [3.8, 4) is 6.07 Å². The molecule has 1 fully saturated rings. The van der Waals surface area contributed by atoms with Crippen molar-refractivity contribution in [1.82, 2.24) is 0 Å². The first-order valence-electron chi connectivity index (χ1n) is 4.84. The lowest BCUT2D eigenvalue weighted by molar-refractivity contribution is 0.0607. The number of esters is 1. The highest BCUT2D eigenvalue weighted by molar-refractivity contribution is 7.18. The van der Waals surface area contributed by atoms with Crippen molar-refractivity contribution in [2.75, 3.05) is 18.2 Å². The Hall–Kier alpha value is -1.74. The molecule has 1 aromatic heterocycles. The second kappa shape index (κ2) is 4.02. The van der Waals surface area contributed by atoms with Gasteiger partial charge in [-0.2, -0.15) is 5.26 Å². The van der Waals surface area contributed by atoms with Gasteiger partial charge in [-0.3, -0.25) is 0 Å². The molecule has 0 atom stereocenters. The topological polar surface area (TPSA) is 88.1 Å². The third kappa shape index (κ3) is 1.82. The van der Waals surface area contributed by atoms with Gasteiger partial charge in [-0.05, 0) is 12.8 Å². The SMILES string of the molecule is COC(=O)c1sc(NC2CC2)c(C#N)c1N. The Morgan fingerprint density at radius 3 is 2.88 bits per heavy atom. The maximum absolute atomic E-state index is 11.4. The van der Waals surface area contributed by atoms with Gasteiger partial charge >= 0.3 is 5.97 Å². The number of thiophene rings is 1. The van der Waals surface area contributed by atoms with Crippen molar-refractivity contribution >= 4 is 28.0 Å². The summed E-state index contributed by atoms with van der Waals surface area (Å²) >= 11 is 1.18. The molecule has 3 N–H and O–H groups in total. The van der Waals surface area contributed by atoms with E-state index in [1.54, 1.807) is 0 Å². The number of nitrogens with zero attached hydrogens (tertiary/aromatic N) is 1. The van der Waals surface area contributed by atoms with Gasteiger partial charge < -0.3 is 15.8 Å². The molecule has 2 rings (SSSR count). The number of nitrogen functional groups attached to an aromatic ring is 1. The van der Waals surface area contributed by atoms with Crippen LogP contribution in [0.3, 0.4) is 0 Å². The van der Waals surface area contributed by atoms with E-state index < -0.39 is 5.97 Å². The third-order valence-corrected chi connectivity index (χ3v) is 3.46. The van der Waals surface area contributed by atoms with E-state index >= 15 is 0 Å². The Balaban J connectivity index is 2.37. The number of anilines is 2. The zero-order valence-electron chi connectivity index (χ0n) is 8.74. The molecule has 84 valence electrons. The normalized spacial score (nSPS) is 14.2. The summed E-state index contributed by atoms with van der Waals surface area (Å²) in [6.07, 6.45) is 2.19. The van der Waals surface area contributed by atoms with Gasteiger partial charge in [0.25, 0.3) is 0 Å². The van der Waals surface area contributed by atoms with Gasteiger partial charge in [0.2, 0.25) is 0 Å². The second-order valence-electron chi connectivity index (χ2n) is 3.57. The Morgan fingerprint density at radius 2 is 2.38 bits per heavy atom. The number of hydrogen-bond donors (Lipinski definition) is 2. The summed E-state index contributed by atoms with van der Waals surface area (Å²) in [6.45, 7) is 0. The Labute approximate surface area is 96.8 Å². The number of carbonyl (C=O) groups is 1. The van der Waals surface area contributed by atoms with Gasteiger partial charge in [0.15, 0.2) is 0 Å². The first kappa shape index (κ1) is 10.8. The molecule has 16 heavy (non-hydrogen) atoms. The molecule has 1 aliphatic rings. The van der Waals surface area contributed by atoms with Gasteiger partial charge in [-0.15, -0.1) is 11.3 Å². The van der Waals surface area contributed by atoms with E-state index in [9.17, 15) is 4.79 Å². The quantitative estimate of drug-likeness (QED) is 0.779. The van der Waals surface area contributed by atoms with Crippen LogP contribution < -0.4 is 11.1 Å². The average Bonchev–Trinajstić information content (AvgIpc) is 3.03. The maximum atomic E-state index is 11.4. The Kier molecular flexibility index (Phi) is 2.71. The molecular formula is C10H11N3O2S. The van der Waals surface area contributed by atoms with Crippen LogP contribution in [-0.2, 0) is 4.74 Å². The molecule has 0 aliphatic heterocycles. The maximum Gasteiger partial charge on any atom is 0.350 e. The highest BCUT2D eigenvalue weighted by atomic mass is 32.1. The smallest absolute Gasteiger partial charge is 0.350 e. The molecule has 1 aromatic rings. The van der Waals surface area contributed by atoms with Crippen molar-refractivity contribution in [1.29, 1.82) is 5.26 Å². The van der Waals surface area contributed by atoms with E-state index in [-0.39, 0.29) is 5.69 Å². The van der Waals surface area contributed by atoms with E-state index in [4.69, 9.17) is 11.0 Å². The number of nitriles is 1. The van der Waals surface area contributed by atoms with Crippen LogP contribution in [0.4, 0.5) is 10.7 Å². The largest absolute Gasteiger partial charge is 0.465 e. The van der Waals surface area contributed by atoms with Gasteiger partial charge in [0.05, 0.1) is 12.8 Å². The Morgan fingerprint density at radius 1 is 1.69 bits per heavy atom. The number of nitrogens with one attached hydrogen (secondary N) is 1. The molecule has 0 saturated heterocycles. The summed E-state index contributed by atoms with van der Waals surface area (Å²) in [5.41, 5.74) is 6.29. The lowest BCUT2D eigenvalue weighted by Gasteiger charge is -1.99. The standard InChI is InChI=1S/C10H11N3O2S/c1-15-10(14)8-7(12)6(4-11)9(16-8)13-5-2-3-5/h5,13H,2-3,12H2,1H3. The predicted octanol–water partition coefficient (Wildman–Crippen LogP) is 1.56. The van der Waals surface area contributed by atoms with Crippen molar-refractivity contribution in [2.45, 2.75) is 18.9 Å². The fourth-order valence-corrected chi connectivity index (χ4v) is 2.38. The second-order valence-corrected chi connectivity index (χ2v) is 4.59. The fourth-order valence-electron chi connectivity index (χ4n) is 1.31. The summed E-state index contributed by atoms with van der Waals surface area (Å²) in [4.78, 5) is 11.7. The van der Waals surface area contributed by atoms with Crippen LogP contribution in [0.2, 0.25) is 0 Å². The van der Waals surface area contributed by atoms with Crippen LogP contribution in [0.15, 0.2) is 0 Å². The number of ether oxygens (including phenoxy) is 1. The van der Waals surface area contributed by atoms with E-state index in [1.807, 2.05) is 6.07 Å². The van der Waals surface area contributed by atoms with E-state index in [0.29, 0.717) is 21.5 Å². The number of carbonyl (C=O) groups excluding carboxylic acids is 1. The zero-order chi connectivity index (χ0) is 11.7. The molecule has 0 amide bonds. The Bertz CT molecular complexity index is 471. The monoisotopic (exact) mass is 237 g/mol. The fraction of sp³-hybridized carbons (Fsp3) is 0.400. The molecule has 0 radical (unpaired) electrons. The van der Waals surface area contributed by atoms with Crippen LogP contribution in [-0.4, -0.2) is 19.1 Å². The summed E-state index contributed by atoms with van der Waals surface area (Å²) in [6, 6.07) is 2.42. The highest BCUT2D eigenvalue weighted by Gasteiger charge is 2.27. The van der Waals surface area contributed by atoms with E-state index in [1.165, 1.54) is 18.4 Å². The third-order valence-electron chi connectivity index (χ3n) is 2.34. The number of nitrogens with two attached hydrogens (primary N) is 1. The first-order chi connectivity index (χ1) is 7.67. The summed E-state index contributed by atoms with van der Waals surface area (Å²) < 4.78 is 4.60. The first-order valence-corrected chi connectivity index (χ1v) is 5.66. The molecule has 5 nitrogen and oxygen atoms in total. The van der Waals surface area contributed by atoms with Crippen LogP contribution in [0.1, 0.15) is 28.1 Å². The molecule has 0 unspecified atom stereocenters. The van der Waals surface area contributed by atoms with Gasteiger partial charge in [-0.25, -0.2) is 4.79 Å². The van der Waals surface area contributed by atoms with E-state index in [2.05, 4.69) is 10.1 Å². The molecule has 1 saturated carbocycles. The number of methoxy groups -OCH3 is 1. The molecule has 0 bridgehead atoms. The molecule has 1 aliphatic carbocycles. The molecule has 0 spiro atoms. The molecule has 6 heteroatoms. The highest BCUT2D eigenvalue weighted by Crippen LogP contribution is 2.38. The van der Waals surface area contributed by atoms with E-state index in [0.717, 1.165) is 12.8 Å². The molecule has 1 heterocycles. The minimum absolute atomic E-state index is 0.211. The van der Waals surface area contributed by atoms with Crippen LogP contribution in [0.5, 0.6) is 0 Å². The summed E-state index contributed by atoms with van der Waals surface area (Å²) in [5.74, 6) is -0.497. The number of rotatable bonds is 3. The lowest BCUT2D eigenvalue weighted by atomic mass is 10.2. The predicted molar refractivity (Wildman–Crippen MR) is 61.4 cm³/mol. The van der Waals surface area contributed by atoms with Crippen molar-refractivity contribution in [2.24, 2.45) is 0 Å².